The second kappa shape index (κ2) is 25.9. The molecule has 69 heavy (non-hydrogen) atoms. The van der Waals surface area contributed by atoms with E-state index in [0.29, 0.717) is 78.7 Å². The average Bonchev–Trinajstić information content (AvgIpc) is 4.13. The second-order valence-corrected chi connectivity index (χ2v) is 18.3. The topological polar surface area (TPSA) is 173 Å². The van der Waals surface area contributed by atoms with Crippen LogP contribution < -0.4 is 26.2 Å². The van der Waals surface area contributed by atoms with Crippen molar-refractivity contribution >= 4 is 77.3 Å². The van der Waals surface area contributed by atoms with Crippen LogP contribution in [0.1, 0.15) is 93.1 Å². The lowest BCUT2D eigenvalue weighted by Crippen LogP contribution is -2.49. The molecular weight excluding hydrogens is 901 g/mol. The minimum absolute atomic E-state index is 0.00878. The number of fused-ring (bicyclic) bond motifs is 2. The van der Waals surface area contributed by atoms with Crippen molar-refractivity contribution in [2.24, 2.45) is 4.99 Å². The van der Waals surface area contributed by atoms with Gasteiger partial charge in [0.25, 0.3) is 5.91 Å². The minimum atomic E-state index is -2.69. The molecule has 0 spiro atoms. The van der Waals surface area contributed by atoms with E-state index in [-0.39, 0.29) is 42.5 Å². The number of thiophene rings is 1. The summed E-state index contributed by atoms with van der Waals surface area (Å²) < 4.78 is 28.9. The second-order valence-electron chi connectivity index (χ2n) is 17.3. The first-order chi connectivity index (χ1) is 33.6. The Hall–Kier alpha value is -6.31. The van der Waals surface area contributed by atoms with Crippen LogP contribution in [0.4, 0.5) is 25.8 Å². The molecule has 1 saturated heterocycles. The van der Waals surface area contributed by atoms with E-state index < -0.39 is 7.40 Å². The molecule has 0 radical (unpaired) electrons. The number of allylic oxidation sites excluding steroid dienone is 2. The smallest absolute Gasteiger partial charge is 0.356 e. The summed E-state index contributed by atoms with van der Waals surface area (Å²) in [5, 5.41) is 13.6. The van der Waals surface area contributed by atoms with Crippen LogP contribution >= 0.6 is 11.3 Å². The number of carbonyl (C=O) groups is 5. The van der Waals surface area contributed by atoms with Gasteiger partial charge in [-0.15, -0.1) is 11.3 Å². The van der Waals surface area contributed by atoms with E-state index in [2.05, 4.69) is 41.0 Å². The molecule has 0 saturated carbocycles. The number of carbonyl (C=O) groups excluding carboxylic acids is 5. The van der Waals surface area contributed by atoms with Crippen LogP contribution in [0, 0.1) is 0 Å². The molecule has 0 atom stereocenters. The van der Waals surface area contributed by atoms with Crippen molar-refractivity contribution in [1.29, 1.82) is 0 Å². The number of pyridine rings is 1. The number of hydrogen-bond donors (Lipinski definition) is 4. The number of piperazine rings is 1. The number of hydrogen-bond acceptors (Lipinski definition) is 10. The van der Waals surface area contributed by atoms with Crippen molar-refractivity contribution in [3.63, 3.8) is 0 Å². The number of aromatic nitrogens is 2. The van der Waals surface area contributed by atoms with Crippen molar-refractivity contribution in [2.75, 3.05) is 69.1 Å². The fraction of sp³-hybridized carbons (Fsp3) is 0.420. The van der Waals surface area contributed by atoms with Gasteiger partial charge < -0.3 is 30.6 Å². The molecule has 15 nitrogen and oxygen atoms in total. The van der Waals surface area contributed by atoms with Gasteiger partial charge in [-0.3, -0.25) is 47.4 Å². The Kier molecular flexibility index (Phi) is 19.0. The number of anilines is 3. The number of unbranched alkanes of at least 4 members (excludes halogenated alkanes) is 5. The number of benzene rings is 1. The third kappa shape index (κ3) is 14.8. The Labute approximate surface area is 406 Å². The van der Waals surface area contributed by atoms with Crippen LogP contribution in [0.2, 0.25) is 0 Å². The highest BCUT2D eigenvalue weighted by atomic mass is 32.1. The number of aliphatic imine (C=N–C) groups is 1. The normalized spacial score (nSPS) is 15.3. The van der Waals surface area contributed by atoms with Gasteiger partial charge >= 0.3 is 7.40 Å². The molecule has 0 bridgehead atoms. The highest BCUT2D eigenvalue weighted by Gasteiger charge is 2.32. The Morgan fingerprint density at radius 3 is 2.12 bits per heavy atom. The largest absolute Gasteiger partial charge is 0.678 e. The third-order valence-corrected chi connectivity index (χ3v) is 13.2. The molecule has 5 amide bonds. The average molecular weight is 963 g/mol. The van der Waals surface area contributed by atoms with Crippen molar-refractivity contribution in [1.82, 2.24) is 35.2 Å². The predicted molar refractivity (Wildman–Crippen MR) is 269 cm³/mol. The Balaban J connectivity index is 0.652. The molecule has 6 heterocycles. The maximum atomic E-state index is 13.9. The zero-order valence-corrected chi connectivity index (χ0v) is 39.8. The molecule has 364 valence electrons. The Bertz CT molecular complexity index is 2490. The standard InChI is InChI=1S/C50H61BF2N10O5S/c52-51(53)63-39(22-23-43(63)44-16-12-34-69-44)35-38-20-19-37(58-38)21-24-47(66)56-26-8-2-4-17-45(64)54-25-7-1-3-18-46(65)55-27-9-10-29-60-30-32-61(33-31-60)36-48(67)62-42-15-6-5-13-40(42)50(68)59-41-14-11-28-57-49(41)62/h5-6,11-16,19-20,22-23,28,34-35H,1-4,7-10,17-18,21,24-27,29-33,36H2,(H,54,64)(H,55,65)(H,56,66)(H,59,68)/b38-35-. The van der Waals surface area contributed by atoms with Crippen LogP contribution in [-0.4, -0.2) is 121 Å². The van der Waals surface area contributed by atoms with E-state index >= 15 is 0 Å². The Morgan fingerprint density at radius 1 is 0.739 bits per heavy atom. The Morgan fingerprint density at radius 2 is 1.42 bits per heavy atom. The monoisotopic (exact) mass is 962 g/mol. The molecule has 4 N–H and O–H groups in total. The molecule has 3 aliphatic rings. The van der Waals surface area contributed by atoms with Crippen LogP contribution in [0.5, 0.6) is 0 Å². The molecule has 7 rings (SSSR count). The van der Waals surface area contributed by atoms with Gasteiger partial charge in [0.1, 0.15) is 0 Å². The highest BCUT2D eigenvalue weighted by Crippen LogP contribution is 2.36. The van der Waals surface area contributed by atoms with Gasteiger partial charge in [-0.25, -0.2) is 4.98 Å². The number of para-hydroxylation sites is 1. The highest BCUT2D eigenvalue weighted by molar-refractivity contribution is 7.13. The van der Waals surface area contributed by atoms with Gasteiger partial charge in [-0.1, -0.05) is 31.0 Å². The van der Waals surface area contributed by atoms with E-state index in [4.69, 9.17) is 0 Å². The van der Waals surface area contributed by atoms with Gasteiger partial charge in [-0.05, 0) is 118 Å². The summed E-state index contributed by atoms with van der Waals surface area (Å²) in [7, 11) is -2.69. The van der Waals surface area contributed by atoms with Crippen LogP contribution in [0.25, 0.3) is 16.6 Å². The first kappa shape index (κ1) is 50.6. The van der Waals surface area contributed by atoms with Gasteiger partial charge in [0.2, 0.25) is 23.6 Å². The molecule has 3 aromatic heterocycles. The summed E-state index contributed by atoms with van der Waals surface area (Å²) in [5.74, 6) is -0.0209. The quantitative estimate of drug-likeness (QED) is 0.0396. The fourth-order valence-electron chi connectivity index (χ4n) is 8.57. The summed E-state index contributed by atoms with van der Waals surface area (Å²) >= 11 is 1.40. The lowest BCUT2D eigenvalue weighted by atomic mass is 10.1. The number of halogens is 2. The first-order valence-corrected chi connectivity index (χ1v) is 24.9. The van der Waals surface area contributed by atoms with Gasteiger partial charge in [0, 0.05) is 87.6 Å². The lowest BCUT2D eigenvalue weighted by molar-refractivity contribution is -0.122. The molecule has 1 aromatic carbocycles. The third-order valence-electron chi connectivity index (χ3n) is 12.3. The van der Waals surface area contributed by atoms with Gasteiger partial charge in [0.05, 0.1) is 34.9 Å². The molecule has 1 fully saturated rings. The van der Waals surface area contributed by atoms with E-state index in [1.54, 1.807) is 65.7 Å². The molecule has 0 unspecified atom stereocenters. The first-order valence-electron chi connectivity index (χ1n) is 24.1. The lowest BCUT2D eigenvalue weighted by Gasteiger charge is -2.35. The van der Waals surface area contributed by atoms with E-state index in [0.717, 1.165) is 99.2 Å². The molecule has 0 aliphatic carbocycles. The molecule has 19 heteroatoms. The van der Waals surface area contributed by atoms with Gasteiger partial charge in [-0.2, -0.15) is 0 Å². The van der Waals surface area contributed by atoms with E-state index in [1.807, 2.05) is 29.7 Å². The van der Waals surface area contributed by atoms with Crippen molar-refractivity contribution in [3.05, 3.63) is 101 Å². The number of nitrogens with zero attached hydrogens (tertiary/aromatic N) is 6. The zero-order valence-electron chi connectivity index (χ0n) is 39.0. The molecule has 3 aliphatic heterocycles. The summed E-state index contributed by atoms with van der Waals surface area (Å²) in [6.45, 7) is 6.09. The van der Waals surface area contributed by atoms with Crippen LogP contribution in [-0.2, 0) is 19.2 Å². The summed E-state index contributed by atoms with van der Waals surface area (Å²) in [4.78, 5) is 79.6. The number of amides is 5. The zero-order chi connectivity index (χ0) is 48.4. The molecular formula is C50H61BF2N10O5S. The summed E-state index contributed by atoms with van der Waals surface area (Å²) in [5.41, 5.74) is 3.55. The van der Waals surface area contributed by atoms with Crippen molar-refractivity contribution in [2.45, 2.75) is 77.0 Å². The van der Waals surface area contributed by atoms with E-state index in [1.165, 1.54) is 11.3 Å². The fourth-order valence-corrected chi connectivity index (χ4v) is 9.31. The van der Waals surface area contributed by atoms with Gasteiger partial charge in [0.15, 0.2) is 5.82 Å². The van der Waals surface area contributed by atoms with Crippen molar-refractivity contribution < 1.29 is 32.6 Å². The minimum Gasteiger partial charge on any atom is -0.356 e. The maximum Gasteiger partial charge on any atom is 0.678 e. The summed E-state index contributed by atoms with van der Waals surface area (Å²) in [6, 6.07) is 17.6. The number of nitrogens with one attached hydrogen (secondary N) is 4. The molecule has 4 aromatic rings. The van der Waals surface area contributed by atoms with Crippen LogP contribution in [0.15, 0.2) is 95.1 Å². The predicted octanol–water partition coefficient (Wildman–Crippen LogP) is 7.31. The number of rotatable bonds is 25. The van der Waals surface area contributed by atoms with Crippen molar-refractivity contribution in [3.8, 4) is 10.6 Å². The van der Waals surface area contributed by atoms with E-state index in [9.17, 15) is 32.6 Å². The SMILES string of the molecule is O=C(CCCCCNC(=O)CCC1=N/C(=C\c2ccc(-c3cccs3)n2B(F)F)C=C1)NCCCCCC(=O)NCCCCN1CCN(CC(=O)N2c3ccccc3C(=O)Nc3cccnc32)CC1. The summed E-state index contributed by atoms with van der Waals surface area (Å²) in [6.07, 6.45) is 15.0. The maximum absolute atomic E-state index is 13.9. The van der Waals surface area contributed by atoms with Crippen LogP contribution in [0.3, 0.4) is 0 Å².